The van der Waals surface area contributed by atoms with Crippen LogP contribution in [0.5, 0.6) is 5.88 Å². The van der Waals surface area contributed by atoms with Crippen LogP contribution in [0.15, 0.2) is 18.2 Å². The Bertz CT molecular complexity index is 467. The summed E-state index contributed by atoms with van der Waals surface area (Å²) < 4.78 is 11.0. The molecule has 0 amide bonds. The molecule has 0 aliphatic carbocycles. The number of rotatable bonds is 3. The van der Waals surface area contributed by atoms with Gasteiger partial charge in [-0.1, -0.05) is 31.5 Å². The molecule has 0 radical (unpaired) electrons. The zero-order valence-corrected chi connectivity index (χ0v) is 10.2. The molecule has 80 valence electrons. The van der Waals surface area contributed by atoms with Gasteiger partial charge in [0, 0.05) is 0 Å². The second kappa shape index (κ2) is 4.37. The summed E-state index contributed by atoms with van der Waals surface area (Å²) in [4.78, 5) is 0. The fourth-order valence-electron chi connectivity index (χ4n) is 1.27. The maximum absolute atomic E-state index is 6.11. The molecule has 2 nitrogen and oxygen atoms in total. The molecule has 4 heteroatoms. The van der Waals surface area contributed by atoms with Crippen LogP contribution >= 0.6 is 23.1 Å². The molecule has 1 aromatic heterocycles. The van der Waals surface area contributed by atoms with Crippen LogP contribution in [0.1, 0.15) is 13.8 Å². The van der Waals surface area contributed by atoms with Crippen LogP contribution < -0.4 is 4.74 Å². The van der Waals surface area contributed by atoms with Crippen molar-refractivity contribution in [2.75, 3.05) is 6.61 Å². The standard InChI is InChI=1S/C11H12ClNOS/c1-7(2)6-14-11-10-8(12)4-3-5-9(10)15-13-11/h3-5,7H,6H2,1-2H3. The summed E-state index contributed by atoms with van der Waals surface area (Å²) in [5.41, 5.74) is 0. The molecule has 0 N–H and O–H groups in total. The van der Waals surface area contributed by atoms with Crippen molar-refractivity contribution in [3.63, 3.8) is 0 Å². The van der Waals surface area contributed by atoms with Crippen molar-refractivity contribution >= 4 is 33.2 Å². The quantitative estimate of drug-likeness (QED) is 0.811. The van der Waals surface area contributed by atoms with Gasteiger partial charge in [-0.15, -0.1) is 0 Å². The molecule has 1 aromatic carbocycles. The van der Waals surface area contributed by atoms with E-state index in [0.29, 0.717) is 23.4 Å². The minimum Gasteiger partial charge on any atom is -0.476 e. The molecule has 1 heterocycles. The lowest BCUT2D eigenvalue weighted by Gasteiger charge is -2.06. The van der Waals surface area contributed by atoms with Gasteiger partial charge in [-0.3, -0.25) is 0 Å². The first-order chi connectivity index (χ1) is 7.18. The normalized spacial score (nSPS) is 11.2. The number of ether oxygens (including phenoxy) is 1. The molecule has 0 bridgehead atoms. The second-order valence-corrected chi connectivity index (χ2v) is 5.02. The molecule has 0 fully saturated rings. The van der Waals surface area contributed by atoms with E-state index in [9.17, 15) is 0 Å². The number of fused-ring (bicyclic) bond motifs is 1. The van der Waals surface area contributed by atoms with Gasteiger partial charge in [-0.05, 0) is 29.6 Å². The average Bonchev–Trinajstić information content (AvgIpc) is 2.59. The zero-order chi connectivity index (χ0) is 10.8. The van der Waals surface area contributed by atoms with Crippen LogP contribution in [0.4, 0.5) is 0 Å². The Balaban J connectivity index is 2.35. The van der Waals surface area contributed by atoms with E-state index in [-0.39, 0.29) is 0 Å². The molecule has 0 saturated heterocycles. The van der Waals surface area contributed by atoms with Gasteiger partial charge in [0.05, 0.1) is 21.7 Å². The molecule has 2 aromatic rings. The van der Waals surface area contributed by atoms with Crippen LogP contribution in [0.25, 0.3) is 10.1 Å². The van der Waals surface area contributed by atoms with E-state index in [2.05, 4.69) is 18.2 Å². The van der Waals surface area contributed by atoms with Gasteiger partial charge in [0.25, 0.3) is 0 Å². The van der Waals surface area contributed by atoms with Crippen LogP contribution in [0, 0.1) is 5.92 Å². The van der Waals surface area contributed by atoms with E-state index >= 15 is 0 Å². The van der Waals surface area contributed by atoms with Gasteiger partial charge in [0.2, 0.25) is 5.88 Å². The van der Waals surface area contributed by atoms with Crippen molar-refractivity contribution in [3.8, 4) is 5.88 Å². The highest BCUT2D eigenvalue weighted by Crippen LogP contribution is 2.34. The van der Waals surface area contributed by atoms with Gasteiger partial charge in [-0.2, -0.15) is 4.37 Å². The summed E-state index contributed by atoms with van der Waals surface area (Å²) in [7, 11) is 0. The predicted octanol–water partition coefficient (Wildman–Crippen LogP) is 3.98. The number of halogens is 1. The molecule has 0 saturated carbocycles. The average molecular weight is 242 g/mol. The molecule has 0 aliphatic heterocycles. The number of hydrogen-bond donors (Lipinski definition) is 0. The van der Waals surface area contributed by atoms with Crippen LogP contribution in [0.2, 0.25) is 5.02 Å². The molecular weight excluding hydrogens is 230 g/mol. The first-order valence-electron chi connectivity index (χ1n) is 4.85. The lowest BCUT2D eigenvalue weighted by molar-refractivity contribution is 0.267. The number of aromatic nitrogens is 1. The third-order valence-corrected chi connectivity index (χ3v) is 3.08. The highest BCUT2D eigenvalue weighted by atomic mass is 35.5. The van der Waals surface area contributed by atoms with Crippen molar-refractivity contribution in [1.82, 2.24) is 4.37 Å². The molecule has 0 unspecified atom stereocenters. The van der Waals surface area contributed by atoms with Gasteiger partial charge in [0.1, 0.15) is 0 Å². The fraction of sp³-hybridized carbons (Fsp3) is 0.364. The van der Waals surface area contributed by atoms with Gasteiger partial charge >= 0.3 is 0 Å². The largest absolute Gasteiger partial charge is 0.476 e. The Morgan fingerprint density at radius 1 is 1.47 bits per heavy atom. The smallest absolute Gasteiger partial charge is 0.234 e. The second-order valence-electron chi connectivity index (χ2n) is 3.81. The van der Waals surface area contributed by atoms with E-state index in [0.717, 1.165) is 10.1 Å². The van der Waals surface area contributed by atoms with Crippen molar-refractivity contribution in [2.24, 2.45) is 5.92 Å². The number of benzene rings is 1. The highest BCUT2D eigenvalue weighted by molar-refractivity contribution is 7.13. The summed E-state index contributed by atoms with van der Waals surface area (Å²) in [6.07, 6.45) is 0. The summed E-state index contributed by atoms with van der Waals surface area (Å²) in [6.45, 7) is 4.89. The van der Waals surface area contributed by atoms with E-state index in [1.165, 1.54) is 11.5 Å². The Morgan fingerprint density at radius 3 is 3.00 bits per heavy atom. The van der Waals surface area contributed by atoms with Gasteiger partial charge in [0.15, 0.2) is 0 Å². The first-order valence-corrected chi connectivity index (χ1v) is 6.00. The summed E-state index contributed by atoms with van der Waals surface area (Å²) in [5, 5.41) is 1.64. The topological polar surface area (TPSA) is 22.1 Å². The van der Waals surface area contributed by atoms with E-state index in [4.69, 9.17) is 16.3 Å². The minimum absolute atomic E-state index is 0.490. The molecule has 0 atom stereocenters. The van der Waals surface area contributed by atoms with E-state index in [1.54, 1.807) is 0 Å². The monoisotopic (exact) mass is 241 g/mol. The summed E-state index contributed by atoms with van der Waals surface area (Å²) in [6, 6.07) is 5.79. The summed E-state index contributed by atoms with van der Waals surface area (Å²) >= 11 is 7.53. The lowest BCUT2D eigenvalue weighted by atomic mass is 10.2. The number of hydrogen-bond acceptors (Lipinski definition) is 3. The minimum atomic E-state index is 0.490. The maximum atomic E-state index is 6.11. The fourth-order valence-corrected chi connectivity index (χ4v) is 2.33. The van der Waals surface area contributed by atoms with Crippen LogP contribution in [-0.2, 0) is 0 Å². The molecule has 15 heavy (non-hydrogen) atoms. The Labute approximate surface area is 98.0 Å². The van der Waals surface area contributed by atoms with Gasteiger partial charge in [-0.25, -0.2) is 0 Å². The Kier molecular flexibility index (Phi) is 3.12. The highest BCUT2D eigenvalue weighted by Gasteiger charge is 2.10. The van der Waals surface area contributed by atoms with Crippen molar-refractivity contribution in [3.05, 3.63) is 23.2 Å². The maximum Gasteiger partial charge on any atom is 0.234 e. The molecule has 0 spiro atoms. The van der Waals surface area contributed by atoms with Crippen molar-refractivity contribution < 1.29 is 4.74 Å². The Morgan fingerprint density at radius 2 is 2.27 bits per heavy atom. The third-order valence-electron chi connectivity index (χ3n) is 1.97. The molecular formula is C11H12ClNOS. The predicted molar refractivity (Wildman–Crippen MR) is 65.0 cm³/mol. The van der Waals surface area contributed by atoms with E-state index < -0.39 is 0 Å². The lowest BCUT2D eigenvalue weighted by Crippen LogP contribution is -2.04. The Hall–Kier alpha value is -0.800. The first kappa shape index (κ1) is 10.7. The van der Waals surface area contributed by atoms with Crippen molar-refractivity contribution in [2.45, 2.75) is 13.8 Å². The SMILES string of the molecule is CC(C)COc1nsc2cccc(Cl)c12. The molecule has 0 aliphatic rings. The molecule has 2 rings (SSSR count). The van der Waals surface area contributed by atoms with Crippen LogP contribution in [0.3, 0.4) is 0 Å². The zero-order valence-electron chi connectivity index (χ0n) is 8.66. The van der Waals surface area contributed by atoms with E-state index in [1.807, 2.05) is 18.2 Å². The van der Waals surface area contributed by atoms with Crippen molar-refractivity contribution in [1.29, 1.82) is 0 Å². The number of nitrogens with zero attached hydrogens (tertiary/aromatic N) is 1. The van der Waals surface area contributed by atoms with Crippen LogP contribution in [-0.4, -0.2) is 11.0 Å². The third kappa shape index (κ3) is 2.24. The summed E-state index contributed by atoms with van der Waals surface area (Å²) in [5.74, 6) is 1.15. The van der Waals surface area contributed by atoms with Gasteiger partial charge < -0.3 is 4.74 Å².